The normalized spacial score (nSPS) is 8.53. The lowest BCUT2D eigenvalue weighted by molar-refractivity contribution is 1.40. The van der Waals surface area contributed by atoms with E-state index in [-0.39, 0.29) is 5.57 Å². The topological polar surface area (TPSA) is 59.6 Å². The van der Waals surface area contributed by atoms with Gasteiger partial charge in [-0.15, -0.1) is 0 Å². The maximum Gasteiger partial charge on any atom is 0.145 e. The summed E-state index contributed by atoms with van der Waals surface area (Å²) in [5.74, 6) is 0. The Morgan fingerprint density at radius 1 is 1.40 bits per heavy atom. The van der Waals surface area contributed by atoms with E-state index < -0.39 is 0 Å². The van der Waals surface area contributed by atoms with Crippen molar-refractivity contribution in [2.75, 3.05) is 5.32 Å². The fraction of sp³-hybridized carbons (Fsp3) is 0.0909. The Kier molecular flexibility index (Phi) is 3.91. The molecule has 74 valence electrons. The van der Waals surface area contributed by atoms with E-state index >= 15 is 0 Å². The van der Waals surface area contributed by atoms with Crippen LogP contribution in [0, 0.1) is 29.6 Å². The van der Waals surface area contributed by atoms with Crippen LogP contribution in [0.5, 0.6) is 0 Å². The summed E-state index contributed by atoms with van der Waals surface area (Å²) >= 11 is 3.36. The molecule has 0 bridgehead atoms. The number of anilines is 1. The summed E-state index contributed by atoms with van der Waals surface area (Å²) in [4.78, 5) is 0. The zero-order chi connectivity index (χ0) is 11.3. The summed E-state index contributed by atoms with van der Waals surface area (Å²) in [6.07, 6.45) is 1.40. The van der Waals surface area contributed by atoms with Gasteiger partial charge in [-0.25, -0.2) is 0 Å². The summed E-state index contributed by atoms with van der Waals surface area (Å²) in [5, 5.41) is 20.0. The molecule has 1 aromatic rings. The average Bonchev–Trinajstić information content (AvgIpc) is 2.22. The van der Waals surface area contributed by atoms with Crippen molar-refractivity contribution in [3.8, 4) is 12.1 Å². The first kappa shape index (κ1) is 11.3. The van der Waals surface area contributed by atoms with Crippen molar-refractivity contribution in [2.24, 2.45) is 0 Å². The van der Waals surface area contributed by atoms with Crippen LogP contribution in [0.4, 0.5) is 5.69 Å². The lowest BCUT2D eigenvalue weighted by Gasteiger charge is -2.05. The Morgan fingerprint density at radius 2 is 2.07 bits per heavy atom. The second kappa shape index (κ2) is 5.19. The zero-order valence-electron chi connectivity index (χ0n) is 8.08. The number of nitrogens with zero attached hydrogens (tertiary/aromatic N) is 2. The fourth-order valence-electron chi connectivity index (χ4n) is 1.03. The van der Waals surface area contributed by atoms with E-state index in [1.54, 1.807) is 12.1 Å². The monoisotopic (exact) mass is 261 g/mol. The van der Waals surface area contributed by atoms with Gasteiger partial charge in [0, 0.05) is 16.4 Å². The molecule has 1 aromatic carbocycles. The van der Waals surface area contributed by atoms with E-state index in [4.69, 9.17) is 10.5 Å². The van der Waals surface area contributed by atoms with Gasteiger partial charge in [-0.05, 0) is 30.7 Å². The lowest BCUT2D eigenvalue weighted by Crippen LogP contribution is -1.92. The van der Waals surface area contributed by atoms with E-state index in [1.807, 2.05) is 25.1 Å². The molecule has 0 heterocycles. The molecule has 0 saturated heterocycles. The predicted octanol–water partition coefficient (Wildman–Crippen LogP) is 3.10. The first-order valence-electron chi connectivity index (χ1n) is 4.20. The molecular formula is C11H8BrN3. The molecule has 0 unspecified atom stereocenters. The molecule has 0 aromatic heterocycles. The third-order valence-corrected chi connectivity index (χ3v) is 2.29. The van der Waals surface area contributed by atoms with E-state index in [0.29, 0.717) is 0 Å². The fourth-order valence-corrected chi connectivity index (χ4v) is 1.50. The number of halogens is 1. The van der Waals surface area contributed by atoms with Crippen molar-refractivity contribution in [3.05, 3.63) is 40.0 Å². The summed E-state index contributed by atoms with van der Waals surface area (Å²) in [5.41, 5.74) is 1.97. The molecule has 0 radical (unpaired) electrons. The van der Waals surface area contributed by atoms with Crippen LogP contribution >= 0.6 is 15.9 Å². The molecule has 0 spiro atoms. The zero-order valence-corrected chi connectivity index (χ0v) is 9.67. The van der Waals surface area contributed by atoms with Crippen LogP contribution < -0.4 is 5.32 Å². The minimum Gasteiger partial charge on any atom is -0.360 e. The molecule has 1 N–H and O–H groups in total. The molecule has 3 nitrogen and oxygen atoms in total. The molecule has 0 saturated carbocycles. The second-order valence-electron chi connectivity index (χ2n) is 2.89. The minimum atomic E-state index is 0.0531. The lowest BCUT2D eigenvalue weighted by atomic mass is 10.2. The highest BCUT2D eigenvalue weighted by molar-refractivity contribution is 9.10. The standard InChI is InChI=1S/C11H8BrN3/c1-8-4-10(12)2-3-11(8)15-7-9(5-13)6-14/h2-4,7,15H,1H3. The van der Waals surface area contributed by atoms with Gasteiger partial charge in [0.2, 0.25) is 0 Å². The largest absolute Gasteiger partial charge is 0.360 e. The van der Waals surface area contributed by atoms with Gasteiger partial charge in [0.1, 0.15) is 17.7 Å². The van der Waals surface area contributed by atoms with E-state index in [9.17, 15) is 0 Å². The van der Waals surface area contributed by atoms with E-state index in [1.165, 1.54) is 6.20 Å². The van der Waals surface area contributed by atoms with Crippen LogP contribution in [0.3, 0.4) is 0 Å². The maximum absolute atomic E-state index is 8.53. The first-order valence-corrected chi connectivity index (χ1v) is 4.99. The number of benzene rings is 1. The number of hydrogen-bond acceptors (Lipinski definition) is 3. The number of nitriles is 2. The van der Waals surface area contributed by atoms with Crippen molar-refractivity contribution >= 4 is 21.6 Å². The average molecular weight is 262 g/mol. The predicted molar refractivity (Wildman–Crippen MR) is 61.8 cm³/mol. The van der Waals surface area contributed by atoms with Gasteiger partial charge in [0.25, 0.3) is 0 Å². The second-order valence-corrected chi connectivity index (χ2v) is 3.80. The molecule has 15 heavy (non-hydrogen) atoms. The van der Waals surface area contributed by atoms with Crippen LogP contribution in [0.1, 0.15) is 5.56 Å². The van der Waals surface area contributed by atoms with Gasteiger partial charge in [0.05, 0.1) is 0 Å². The van der Waals surface area contributed by atoms with E-state index in [0.717, 1.165) is 15.7 Å². The smallest absolute Gasteiger partial charge is 0.145 e. The minimum absolute atomic E-state index is 0.0531. The molecular weight excluding hydrogens is 254 g/mol. The molecule has 0 aliphatic rings. The van der Waals surface area contributed by atoms with Crippen molar-refractivity contribution in [2.45, 2.75) is 6.92 Å². The molecule has 1 rings (SSSR count). The van der Waals surface area contributed by atoms with Gasteiger partial charge in [0.15, 0.2) is 0 Å². The molecule has 0 amide bonds. The Bertz CT molecular complexity index is 462. The van der Waals surface area contributed by atoms with Gasteiger partial charge in [-0.2, -0.15) is 10.5 Å². The van der Waals surface area contributed by atoms with Crippen LogP contribution in [0.2, 0.25) is 0 Å². The summed E-state index contributed by atoms with van der Waals surface area (Å²) in [6, 6.07) is 9.28. The maximum atomic E-state index is 8.53. The van der Waals surface area contributed by atoms with Crippen molar-refractivity contribution in [1.82, 2.24) is 0 Å². The number of rotatable bonds is 2. The van der Waals surface area contributed by atoms with Crippen molar-refractivity contribution in [3.63, 3.8) is 0 Å². The van der Waals surface area contributed by atoms with Crippen LogP contribution in [-0.4, -0.2) is 0 Å². The van der Waals surface area contributed by atoms with Gasteiger partial charge >= 0.3 is 0 Å². The highest BCUT2D eigenvalue weighted by atomic mass is 79.9. The number of allylic oxidation sites excluding steroid dienone is 1. The highest BCUT2D eigenvalue weighted by Gasteiger charge is 1.97. The molecule has 0 aliphatic heterocycles. The SMILES string of the molecule is Cc1cc(Br)ccc1NC=C(C#N)C#N. The van der Waals surface area contributed by atoms with Crippen LogP contribution in [0.25, 0.3) is 0 Å². The Hall–Kier alpha value is -1.78. The summed E-state index contributed by atoms with van der Waals surface area (Å²) in [7, 11) is 0. The summed E-state index contributed by atoms with van der Waals surface area (Å²) in [6.45, 7) is 1.94. The van der Waals surface area contributed by atoms with Crippen LogP contribution in [0.15, 0.2) is 34.4 Å². The Labute approximate surface area is 96.8 Å². The third-order valence-electron chi connectivity index (χ3n) is 1.80. The number of aryl methyl sites for hydroxylation is 1. The van der Waals surface area contributed by atoms with Crippen LogP contribution in [-0.2, 0) is 0 Å². The first-order chi connectivity index (χ1) is 7.17. The quantitative estimate of drug-likeness (QED) is 0.833. The Balaban J connectivity index is 2.89. The molecule has 0 aliphatic carbocycles. The molecule has 0 fully saturated rings. The molecule has 0 atom stereocenters. The summed E-state index contributed by atoms with van der Waals surface area (Å²) < 4.78 is 0.996. The van der Waals surface area contributed by atoms with Gasteiger partial charge < -0.3 is 5.32 Å². The van der Waals surface area contributed by atoms with Gasteiger partial charge in [-0.3, -0.25) is 0 Å². The third kappa shape index (κ3) is 3.12. The number of nitrogens with one attached hydrogen (secondary N) is 1. The number of hydrogen-bond donors (Lipinski definition) is 1. The molecule has 4 heteroatoms. The van der Waals surface area contributed by atoms with Crippen molar-refractivity contribution < 1.29 is 0 Å². The van der Waals surface area contributed by atoms with Crippen molar-refractivity contribution in [1.29, 1.82) is 10.5 Å². The Morgan fingerprint density at radius 3 is 2.60 bits per heavy atom. The van der Waals surface area contributed by atoms with Gasteiger partial charge in [-0.1, -0.05) is 15.9 Å². The van der Waals surface area contributed by atoms with E-state index in [2.05, 4.69) is 21.2 Å². The highest BCUT2D eigenvalue weighted by Crippen LogP contribution is 2.20.